The number of hydrogen-bond acceptors (Lipinski definition) is 5. The molecule has 1 heterocycles. The van der Waals surface area contributed by atoms with Gasteiger partial charge in [-0.15, -0.1) is 11.3 Å². The van der Waals surface area contributed by atoms with Crippen LogP contribution in [-0.4, -0.2) is 25.5 Å². The van der Waals surface area contributed by atoms with Crippen LogP contribution in [0.4, 0.5) is 0 Å². The average Bonchev–Trinajstić information content (AvgIpc) is 3.01. The van der Waals surface area contributed by atoms with Crippen molar-refractivity contribution < 1.29 is 19.1 Å². The Hall–Kier alpha value is -2.00. The van der Waals surface area contributed by atoms with Gasteiger partial charge in [-0.3, -0.25) is 20.4 Å². The summed E-state index contributed by atoms with van der Waals surface area (Å²) in [6.07, 6.45) is 0. The fraction of sp³-hybridized carbons (Fsp3) is 0.111. The van der Waals surface area contributed by atoms with E-state index < -0.39 is 11.8 Å². The minimum atomic E-state index is -0.550. The summed E-state index contributed by atoms with van der Waals surface area (Å²) in [6, 6.07) is 10.3. The van der Waals surface area contributed by atoms with Gasteiger partial charge in [0.15, 0.2) is 6.61 Å². The second kappa shape index (κ2) is 9.00. The minimum Gasteiger partial charge on any atom is -0.497 e. The zero-order valence-electron chi connectivity index (χ0n) is 14.3. The molecule has 0 fully saturated rings. The Morgan fingerprint density at radius 2 is 1.93 bits per heavy atom. The molecule has 0 unspecified atom stereocenters. The maximum atomic E-state index is 12.4. The zero-order valence-corrected chi connectivity index (χ0v) is 18.3. The number of thiophene rings is 1. The maximum Gasteiger partial charge on any atom is 0.281 e. The number of methoxy groups -OCH3 is 1. The third-order valence-corrected chi connectivity index (χ3v) is 6.06. The van der Waals surface area contributed by atoms with E-state index in [4.69, 9.17) is 32.7 Å². The topological polar surface area (TPSA) is 76.7 Å². The van der Waals surface area contributed by atoms with E-state index in [1.54, 1.807) is 43.5 Å². The summed E-state index contributed by atoms with van der Waals surface area (Å²) in [5.41, 5.74) is 4.61. The highest BCUT2D eigenvalue weighted by molar-refractivity contribution is 9.10. The van der Waals surface area contributed by atoms with Crippen LogP contribution in [0.1, 0.15) is 9.67 Å². The van der Waals surface area contributed by atoms with E-state index in [2.05, 4.69) is 26.8 Å². The van der Waals surface area contributed by atoms with Gasteiger partial charge >= 0.3 is 0 Å². The third-order valence-electron chi connectivity index (χ3n) is 3.61. The summed E-state index contributed by atoms with van der Waals surface area (Å²) < 4.78 is 12.1. The molecule has 2 N–H and O–H groups in total. The maximum absolute atomic E-state index is 12.4. The third kappa shape index (κ3) is 4.70. The molecule has 3 rings (SSSR count). The molecule has 146 valence electrons. The van der Waals surface area contributed by atoms with Crippen LogP contribution in [0, 0.1) is 0 Å². The molecule has 0 aliphatic carbocycles. The highest BCUT2D eigenvalue weighted by atomic mass is 79.9. The molecule has 1 aromatic heterocycles. The molecule has 0 spiro atoms. The molecule has 3 aromatic rings. The van der Waals surface area contributed by atoms with Crippen molar-refractivity contribution in [1.29, 1.82) is 0 Å². The number of fused-ring (bicyclic) bond motifs is 1. The number of benzene rings is 2. The van der Waals surface area contributed by atoms with Crippen molar-refractivity contribution in [2.45, 2.75) is 0 Å². The summed E-state index contributed by atoms with van der Waals surface area (Å²) in [7, 11) is 1.56. The Bertz CT molecular complexity index is 1060. The molecule has 0 saturated heterocycles. The van der Waals surface area contributed by atoms with Gasteiger partial charge in [-0.25, -0.2) is 0 Å². The number of nitrogens with one attached hydrogen (secondary N) is 2. The van der Waals surface area contributed by atoms with E-state index in [1.165, 1.54) is 11.3 Å². The van der Waals surface area contributed by atoms with Crippen molar-refractivity contribution in [2.75, 3.05) is 13.7 Å². The van der Waals surface area contributed by atoms with Crippen molar-refractivity contribution >= 4 is 72.4 Å². The Morgan fingerprint density at radius 3 is 2.64 bits per heavy atom. The molecule has 0 aliphatic heterocycles. The zero-order chi connectivity index (χ0) is 20.3. The van der Waals surface area contributed by atoms with E-state index in [0.717, 1.165) is 14.6 Å². The first-order valence-electron chi connectivity index (χ1n) is 7.82. The minimum absolute atomic E-state index is 0.280. The van der Waals surface area contributed by atoms with Crippen LogP contribution in [-0.2, 0) is 4.79 Å². The van der Waals surface area contributed by atoms with Gasteiger partial charge in [0.25, 0.3) is 11.8 Å². The van der Waals surface area contributed by atoms with Crippen LogP contribution in [0.3, 0.4) is 0 Å². The van der Waals surface area contributed by atoms with Crippen molar-refractivity contribution in [3.63, 3.8) is 0 Å². The number of amides is 2. The second-order valence-electron chi connectivity index (χ2n) is 5.47. The van der Waals surface area contributed by atoms with Crippen LogP contribution in [0.2, 0.25) is 10.0 Å². The molecule has 0 aliphatic rings. The summed E-state index contributed by atoms with van der Waals surface area (Å²) in [5, 5.41) is 1.41. The van der Waals surface area contributed by atoms with Gasteiger partial charge in [0.05, 0.1) is 17.2 Å². The van der Waals surface area contributed by atoms with Crippen LogP contribution < -0.4 is 20.3 Å². The summed E-state index contributed by atoms with van der Waals surface area (Å²) in [4.78, 5) is 24.6. The van der Waals surface area contributed by atoms with Crippen molar-refractivity contribution in [1.82, 2.24) is 10.9 Å². The SMILES string of the molecule is COc1ccc2c(Cl)c(C(=O)NNC(=O)COc3ccc(Br)cc3Cl)sc2c1. The lowest BCUT2D eigenvalue weighted by molar-refractivity contribution is -0.123. The number of rotatable bonds is 5. The van der Waals surface area contributed by atoms with Crippen LogP contribution >= 0.6 is 50.5 Å². The fourth-order valence-electron chi connectivity index (χ4n) is 2.27. The van der Waals surface area contributed by atoms with Gasteiger partial charge in [0.1, 0.15) is 16.4 Å². The average molecular weight is 504 g/mol. The Balaban J connectivity index is 1.59. The number of carbonyl (C=O) groups excluding carboxylic acids is 2. The normalized spacial score (nSPS) is 10.6. The second-order valence-corrected chi connectivity index (χ2v) is 8.23. The van der Waals surface area contributed by atoms with Gasteiger partial charge in [-0.2, -0.15) is 0 Å². The Labute approximate surface area is 182 Å². The highest BCUT2D eigenvalue weighted by Gasteiger charge is 2.18. The monoisotopic (exact) mass is 502 g/mol. The standard InChI is InChI=1S/C18H13BrCl2N2O4S/c1-26-10-3-4-11-14(7-10)28-17(16(11)21)18(25)23-22-15(24)8-27-13-5-2-9(19)6-12(13)20/h2-7H,8H2,1H3,(H,22,24)(H,23,25). The van der Waals surface area contributed by atoms with Crippen molar-refractivity contribution in [2.24, 2.45) is 0 Å². The van der Waals surface area contributed by atoms with Gasteiger partial charge in [0, 0.05) is 14.6 Å². The lowest BCUT2D eigenvalue weighted by Gasteiger charge is -2.09. The number of hydrazine groups is 1. The quantitative estimate of drug-likeness (QED) is 0.489. The first-order chi connectivity index (χ1) is 13.4. The predicted molar refractivity (Wildman–Crippen MR) is 114 cm³/mol. The Morgan fingerprint density at radius 1 is 1.14 bits per heavy atom. The molecule has 2 amide bonds. The fourth-order valence-corrected chi connectivity index (χ4v) is 4.44. The van der Waals surface area contributed by atoms with E-state index in [-0.39, 0.29) is 11.5 Å². The van der Waals surface area contributed by atoms with Crippen molar-refractivity contribution in [3.05, 3.63) is 55.8 Å². The van der Waals surface area contributed by atoms with Crippen LogP contribution in [0.25, 0.3) is 10.1 Å². The lowest BCUT2D eigenvalue weighted by Crippen LogP contribution is -2.43. The molecule has 10 heteroatoms. The van der Waals surface area contributed by atoms with Gasteiger partial charge < -0.3 is 9.47 Å². The molecular weight excluding hydrogens is 491 g/mol. The summed E-state index contributed by atoms with van der Waals surface area (Å²) in [5.74, 6) is -0.0614. The first kappa shape index (κ1) is 20.7. The molecular formula is C18H13BrCl2N2O4S. The van der Waals surface area contributed by atoms with Gasteiger partial charge in [-0.05, 0) is 36.4 Å². The lowest BCUT2D eigenvalue weighted by atomic mass is 10.2. The smallest absolute Gasteiger partial charge is 0.281 e. The predicted octanol–water partition coefficient (Wildman–Crippen LogP) is 4.82. The van der Waals surface area contributed by atoms with Crippen molar-refractivity contribution in [3.8, 4) is 11.5 Å². The number of carbonyl (C=O) groups is 2. The molecule has 28 heavy (non-hydrogen) atoms. The molecule has 0 atom stereocenters. The van der Waals surface area contributed by atoms with E-state index in [0.29, 0.717) is 21.5 Å². The molecule has 0 saturated carbocycles. The number of hydrogen-bond donors (Lipinski definition) is 2. The van der Waals surface area contributed by atoms with Crippen LogP contribution in [0.5, 0.6) is 11.5 Å². The molecule has 0 bridgehead atoms. The summed E-state index contributed by atoms with van der Waals surface area (Å²) >= 11 is 16.8. The van der Waals surface area contributed by atoms with Gasteiger partial charge in [-0.1, -0.05) is 39.1 Å². The number of ether oxygens (including phenoxy) is 2. The van der Waals surface area contributed by atoms with E-state index in [9.17, 15) is 9.59 Å². The largest absolute Gasteiger partial charge is 0.497 e. The van der Waals surface area contributed by atoms with Gasteiger partial charge in [0.2, 0.25) is 0 Å². The first-order valence-corrected chi connectivity index (χ1v) is 10.2. The molecule has 2 aromatic carbocycles. The molecule has 6 nitrogen and oxygen atoms in total. The van der Waals surface area contributed by atoms with E-state index in [1.807, 2.05) is 0 Å². The summed E-state index contributed by atoms with van der Waals surface area (Å²) in [6.45, 7) is -0.320. The highest BCUT2D eigenvalue weighted by Crippen LogP contribution is 2.37. The molecule has 0 radical (unpaired) electrons. The Kier molecular flexibility index (Phi) is 6.66. The van der Waals surface area contributed by atoms with Crippen LogP contribution in [0.15, 0.2) is 40.9 Å². The number of halogens is 3. The van der Waals surface area contributed by atoms with E-state index >= 15 is 0 Å².